The van der Waals surface area contributed by atoms with E-state index in [1.54, 1.807) is 20.1 Å². The maximum absolute atomic E-state index is 11.2. The molecule has 3 aliphatic rings. The number of carbonyl (C=O) groups is 1. The molecule has 5 nitrogen and oxygen atoms in total. The highest BCUT2D eigenvalue weighted by atomic mass is 16.8. The van der Waals surface area contributed by atoms with E-state index < -0.39 is 0 Å². The summed E-state index contributed by atoms with van der Waals surface area (Å²) >= 11 is 0. The number of hydrogen-bond donors (Lipinski definition) is 0. The number of carbonyl (C=O) groups excluding carboxylic acids is 1. The minimum absolute atomic E-state index is 0.00741. The van der Waals surface area contributed by atoms with Gasteiger partial charge in [-0.2, -0.15) is 0 Å². The number of cyclic esters (lactones) is 1. The van der Waals surface area contributed by atoms with E-state index in [0.29, 0.717) is 5.57 Å². The molecule has 3 heterocycles. The van der Waals surface area contributed by atoms with E-state index in [4.69, 9.17) is 18.9 Å². The Balaban J connectivity index is 1.73. The van der Waals surface area contributed by atoms with Gasteiger partial charge in [0.05, 0.1) is 0 Å². The molecule has 2 saturated heterocycles. The zero-order valence-electron chi connectivity index (χ0n) is 8.51. The smallest absolute Gasteiger partial charge is 0.334 e. The highest BCUT2D eigenvalue weighted by Gasteiger charge is 2.61. The van der Waals surface area contributed by atoms with Crippen LogP contribution in [0.4, 0.5) is 0 Å². The minimum Gasteiger partial charge on any atom is -0.452 e. The van der Waals surface area contributed by atoms with Crippen LogP contribution in [0.1, 0.15) is 6.92 Å². The van der Waals surface area contributed by atoms with E-state index in [0.717, 1.165) is 0 Å². The summed E-state index contributed by atoms with van der Waals surface area (Å²) in [5.41, 5.74) is 0.627. The lowest BCUT2D eigenvalue weighted by molar-refractivity contribution is -0.182. The maximum atomic E-state index is 11.2. The van der Waals surface area contributed by atoms with Crippen molar-refractivity contribution >= 4 is 5.97 Å². The number of ether oxygens (including phenoxy) is 4. The Morgan fingerprint density at radius 2 is 2.07 bits per heavy atom. The number of rotatable bonds is 2. The predicted octanol–water partition coefficient (Wildman–Crippen LogP) is -0.00320. The van der Waals surface area contributed by atoms with Crippen molar-refractivity contribution in [3.05, 3.63) is 11.6 Å². The van der Waals surface area contributed by atoms with E-state index in [1.165, 1.54) is 0 Å². The van der Waals surface area contributed by atoms with Gasteiger partial charge in [-0.3, -0.25) is 0 Å². The molecule has 0 radical (unpaired) electrons. The lowest BCUT2D eigenvalue weighted by Crippen LogP contribution is -2.32. The predicted molar refractivity (Wildman–Crippen MR) is 48.0 cm³/mol. The first kappa shape index (κ1) is 9.33. The summed E-state index contributed by atoms with van der Waals surface area (Å²) < 4.78 is 21.2. The van der Waals surface area contributed by atoms with Crippen LogP contribution in [-0.4, -0.2) is 43.8 Å². The van der Waals surface area contributed by atoms with E-state index in [9.17, 15) is 4.79 Å². The van der Waals surface area contributed by atoms with Crippen molar-refractivity contribution in [2.24, 2.45) is 0 Å². The summed E-state index contributed by atoms with van der Waals surface area (Å²) in [6.45, 7) is 1.73. The first-order valence-electron chi connectivity index (χ1n) is 4.94. The molecule has 0 aromatic heterocycles. The molecule has 3 rings (SSSR count). The zero-order valence-corrected chi connectivity index (χ0v) is 8.51. The van der Waals surface area contributed by atoms with Gasteiger partial charge in [0, 0.05) is 12.7 Å². The number of hydrogen-bond acceptors (Lipinski definition) is 5. The monoisotopic (exact) mass is 212 g/mol. The third-order valence-corrected chi connectivity index (χ3v) is 2.98. The number of esters is 1. The summed E-state index contributed by atoms with van der Waals surface area (Å²) in [6.07, 6.45) is 0.925. The normalized spacial score (nSPS) is 47.5. The van der Waals surface area contributed by atoms with Gasteiger partial charge in [-0.15, -0.1) is 0 Å². The number of methoxy groups -OCH3 is 1. The molecule has 0 bridgehead atoms. The van der Waals surface area contributed by atoms with Crippen molar-refractivity contribution in [2.45, 2.75) is 37.6 Å². The van der Waals surface area contributed by atoms with Crippen LogP contribution in [0.25, 0.3) is 0 Å². The van der Waals surface area contributed by atoms with Crippen LogP contribution in [0, 0.1) is 0 Å². The summed E-state index contributed by atoms with van der Waals surface area (Å²) in [6, 6.07) is 0. The van der Waals surface area contributed by atoms with Crippen molar-refractivity contribution in [2.75, 3.05) is 7.11 Å². The van der Waals surface area contributed by atoms with Crippen molar-refractivity contribution < 1.29 is 23.7 Å². The van der Waals surface area contributed by atoms with Gasteiger partial charge in [0.25, 0.3) is 0 Å². The van der Waals surface area contributed by atoms with Gasteiger partial charge in [0.1, 0.15) is 24.4 Å². The molecule has 0 spiro atoms. The second-order valence-corrected chi connectivity index (χ2v) is 3.99. The van der Waals surface area contributed by atoms with Gasteiger partial charge in [-0.05, 0) is 13.0 Å². The molecule has 0 saturated carbocycles. The van der Waals surface area contributed by atoms with E-state index in [1.807, 2.05) is 0 Å². The molecule has 0 aromatic rings. The minimum atomic E-state index is -0.326. The van der Waals surface area contributed by atoms with Gasteiger partial charge in [0.2, 0.25) is 0 Å². The van der Waals surface area contributed by atoms with Gasteiger partial charge < -0.3 is 18.9 Å². The second-order valence-electron chi connectivity index (χ2n) is 3.99. The Kier molecular flexibility index (Phi) is 1.89. The average molecular weight is 212 g/mol. The van der Waals surface area contributed by atoms with E-state index in [-0.39, 0.29) is 36.7 Å². The molecule has 5 atom stereocenters. The number of fused-ring (bicyclic) bond motifs is 1. The fraction of sp³-hybridized carbons (Fsp3) is 0.700. The van der Waals surface area contributed by atoms with Crippen LogP contribution in [0.5, 0.6) is 0 Å². The van der Waals surface area contributed by atoms with Crippen molar-refractivity contribution in [3.63, 3.8) is 0 Å². The maximum Gasteiger partial charge on any atom is 0.334 e. The molecule has 0 unspecified atom stereocenters. The molecule has 0 N–H and O–H groups in total. The van der Waals surface area contributed by atoms with Gasteiger partial charge in [0.15, 0.2) is 6.29 Å². The molecular formula is C10H12O5. The quantitative estimate of drug-likeness (QED) is 0.476. The Hall–Kier alpha value is -0.910. The summed E-state index contributed by atoms with van der Waals surface area (Å²) in [7, 11) is 1.58. The third-order valence-electron chi connectivity index (χ3n) is 2.98. The molecule has 3 aliphatic heterocycles. The zero-order chi connectivity index (χ0) is 10.6. The van der Waals surface area contributed by atoms with Crippen molar-refractivity contribution in [1.29, 1.82) is 0 Å². The Bertz CT molecular complexity index is 337. The van der Waals surface area contributed by atoms with E-state index >= 15 is 0 Å². The Labute approximate surface area is 86.9 Å². The van der Waals surface area contributed by atoms with E-state index in [2.05, 4.69) is 0 Å². The Morgan fingerprint density at radius 1 is 1.27 bits per heavy atom. The van der Waals surface area contributed by atoms with Crippen LogP contribution in [0.2, 0.25) is 0 Å². The van der Waals surface area contributed by atoms with Gasteiger partial charge >= 0.3 is 5.97 Å². The molecule has 5 heteroatoms. The molecule has 0 aromatic carbocycles. The SMILES string of the molecule is CO[C@@H]1O[C@H]([C@H]2C=C(C)C(=O)O2)[C@@H]2O[C@H]12. The first-order chi connectivity index (χ1) is 7.20. The standard InChI is InChI=1S/C10H12O5/c1-4-3-5(13-9(4)11)6-7-8(14-7)10(12-2)15-6/h3,5-8,10H,1-2H3/t5-,6-,7+,8+,10-/m1/s1. The highest BCUT2D eigenvalue weighted by Crippen LogP contribution is 2.42. The molecule has 2 fully saturated rings. The topological polar surface area (TPSA) is 57.3 Å². The molecule has 82 valence electrons. The third kappa shape index (κ3) is 1.31. The average Bonchev–Trinajstić information content (AvgIpc) is 2.82. The number of epoxide rings is 1. The first-order valence-corrected chi connectivity index (χ1v) is 4.94. The lowest BCUT2D eigenvalue weighted by atomic mass is 10.1. The van der Waals surface area contributed by atoms with Gasteiger partial charge in [-0.25, -0.2) is 4.79 Å². The molecule has 0 aliphatic carbocycles. The fourth-order valence-electron chi connectivity index (χ4n) is 2.11. The van der Waals surface area contributed by atoms with Gasteiger partial charge in [-0.1, -0.05) is 0 Å². The van der Waals surface area contributed by atoms with Crippen molar-refractivity contribution in [1.82, 2.24) is 0 Å². The lowest BCUT2D eigenvalue weighted by Gasteiger charge is -2.19. The van der Waals surface area contributed by atoms with Crippen molar-refractivity contribution in [3.8, 4) is 0 Å². The fourth-order valence-corrected chi connectivity index (χ4v) is 2.11. The van der Waals surface area contributed by atoms with Crippen LogP contribution >= 0.6 is 0 Å². The highest BCUT2D eigenvalue weighted by molar-refractivity contribution is 5.90. The van der Waals surface area contributed by atoms with Crippen LogP contribution in [0.15, 0.2) is 11.6 Å². The largest absolute Gasteiger partial charge is 0.452 e. The Morgan fingerprint density at radius 3 is 2.60 bits per heavy atom. The molecule has 15 heavy (non-hydrogen) atoms. The molecule has 0 amide bonds. The summed E-state index contributed by atoms with van der Waals surface area (Å²) in [4.78, 5) is 11.2. The molecular weight excluding hydrogens is 200 g/mol. The second kappa shape index (κ2) is 3.04. The summed E-state index contributed by atoms with van der Waals surface area (Å²) in [5, 5.41) is 0. The van der Waals surface area contributed by atoms with Crippen LogP contribution in [-0.2, 0) is 23.7 Å². The van der Waals surface area contributed by atoms with Crippen LogP contribution in [0.3, 0.4) is 0 Å². The summed E-state index contributed by atoms with van der Waals surface area (Å²) in [5.74, 6) is -0.276. The van der Waals surface area contributed by atoms with Crippen LogP contribution < -0.4 is 0 Å².